The number of benzene rings is 1. The minimum absolute atomic E-state index is 0.0283. The minimum atomic E-state index is -0.0283. The van der Waals surface area contributed by atoms with Gasteiger partial charge < -0.3 is 9.80 Å². The fourth-order valence-electron chi connectivity index (χ4n) is 3.72. The molecule has 0 unspecified atom stereocenters. The lowest BCUT2D eigenvalue weighted by Crippen LogP contribution is -2.33. The SMILES string of the molecule is O=C1C=CC2=C3Cc4ccccc4N3C=C3C(=O)C=CC=C3N2C1. The molecule has 0 saturated carbocycles. The lowest BCUT2D eigenvalue weighted by Gasteiger charge is -2.31. The number of hydrogen-bond acceptors (Lipinski definition) is 4. The summed E-state index contributed by atoms with van der Waals surface area (Å²) < 4.78 is 0. The molecule has 4 heteroatoms. The highest BCUT2D eigenvalue weighted by molar-refractivity contribution is 6.09. The maximum atomic E-state index is 12.5. The van der Waals surface area contributed by atoms with Gasteiger partial charge in [-0.15, -0.1) is 0 Å². The van der Waals surface area contributed by atoms with Gasteiger partial charge >= 0.3 is 0 Å². The van der Waals surface area contributed by atoms with Crippen molar-refractivity contribution in [2.45, 2.75) is 6.42 Å². The molecule has 0 aromatic heterocycles. The van der Waals surface area contributed by atoms with Crippen LogP contribution in [0.25, 0.3) is 0 Å². The second-order valence-electron chi connectivity index (χ2n) is 6.21. The number of ketones is 2. The van der Waals surface area contributed by atoms with E-state index in [0.717, 1.165) is 29.2 Å². The summed E-state index contributed by atoms with van der Waals surface area (Å²) in [5.41, 5.74) is 5.86. The van der Waals surface area contributed by atoms with Crippen molar-refractivity contribution in [3.63, 3.8) is 0 Å². The number of para-hydroxylation sites is 1. The second kappa shape index (κ2) is 4.68. The third-order valence-corrected chi connectivity index (χ3v) is 4.82. The summed E-state index contributed by atoms with van der Waals surface area (Å²) >= 11 is 0. The fourth-order valence-corrected chi connectivity index (χ4v) is 3.72. The van der Waals surface area contributed by atoms with E-state index >= 15 is 0 Å². The van der Waals surface area contributed by atoms with Crippen molar-refractivity contribution >= 4 is 17.3 Å². The van der Waals surface area contributed by atoms with Crippen LogP contribution in [-0.2, 0) is 16.0 Å². The van der Waals surface area contributed by atoms with Gasteiger partial charge in [0.1, 0.15) is 0 Å². The third-order valence-electron chi connectivity index (χ3n) is 4.82. The topological polar surface area (TPSA) is 40.6 Å². The zero-order chi connectivity index (χ0) is 16.3. The summed E-state index contributed by atoms with van der Waals surface area (Å²) in [7, 11) is 0. The molecule has 3 aliphatic heterocycles. The first-order chi connectivity index (χ1) is 11.7. The first-order valence-corrected chi connectivity index (χ1v) is 7.96. The van der Waals surface area contributed by atoms with Crippen molar-refractivity contribution in [1.82, 2.24) is 4.90 Å². The lowest BCUT2D eigenvalue weighted by molar-refractivity contribution is -0.115. The van der Waals surface area contributed by atoms with Gasteiger partial charge in [0.25, 0.3) is 0 Å². The number of hydrogen-bond donors (Lipinski definition) is 0. The molecule has 0 spiro atoms. The molecule has 1 aromatic rings. The molecule has 4 aliphatic rings. The Kier molecular flexibility index (Phi) is 2.59. The van der Waals surface area contributed by atoms with Gasteiger partial charge in [-0.2, -0.15) is 0 Å². The molecule has 0 bridgehead atoms. The Morgan fingerprint density at radius 2 is 1.88 bits per heavy atom. The summed E-state index contributed by atoms with van der Waals surface area (Å²) in [6, 6.07) is 8.21. The number of carbonyl (C=O) groups excluding carboxylic acids is 2. The van der Waals surface area contributed by atoms with Gasteiger partial charge in [-0.1, -0.05) is 24.3 Å². The molecule has 0 saturated heterocycles. The predicted octanol–water partition coefficient (Wildman–Crippen LogP) is 2.62. The van der Waals surface area contributed by atoms with Gasteiger partial charge in [0.15, 0.2) is 11.6 Å². The maximum absolute atomic E-state index is 12.5. The molecule has 5 rings (SSSR count). The molecule has 3 heterocycles. The van der Waals surface area contributed by atoms with Gasteiger partial charge in [0, 0.05) is 18.3 Å². The first kappa shape index (κ1) is 13.3. The Bertz CT molecular complexity index is 960. The molecule has 116 valence electrons. The highest BCUT2D eigenvalue weighted by Crippen LogP contribution is 2.42. The van der Waals surface area contributed by atoms with Crippen molar-refractivity contribution in [2.75, 3.05) is 11.4 Å². The molecule has 0 fully saturated rings. The summed E-state index contributed by atoms with van der Waals surface area (Å²) in [6.45, 7) is 0.268. The van der Waals surface area contributed by atoms with E-state index in [4.69, 9.17) is 0 Å². The van der Waals surface area contributed by atoms with Crippen LogP contribution < -0.4 is 4.90 Å². The molecule has 24 heavy (non-hydrogen) atoms. The van der Waals surface area contributed by atoms with Gasteiger partial charge in [-0.05, 0) is 35.9 Å². The van der Waals surface area contributed by atoms with E-state index in [0.29, 0.717) is 5.57 Å². The van der Waals surface area contributed by atoms with E-state index in [1.807, 2.05) is 35.4 Å². The summed E-state index contributed by atoms with van der Waals surface area (Å²) in [5.74, 6) is 0.0186. The lowest BCUT2D eigenvalue weighted by atomic mass is 10.00. The Balaban J connectivity index is 1.80. The van der Waals surface area contributed by atoms with E-state index in [9.17, 15) is 9.59 Å². The molecule has 1 aromatic carbocycles. The van der Waals surface area contributed by atoms with Crippen LogP contribution in [0.4, 0.5) is 5.69 Å². The van der Waals surface area contributed by atoms with Crippen LogP contribution in [0.2, 0.25) is 0 Å². The Morgan fingerprint density at radius 3 is 2.79 bits per heavy atom. The van der Waals surface area contributed by atoms with Crippen LogP contribution in [0.15, 0.2) is 83.5 Å². The number of nitrogens with zero attached hydrogens (tertiary/aromatic N) is 2. The van der Waals surface area contributed by atoms with Crippen molar-refractivity contribution < 1.29 is 9.59 Å². The standard InChI is InChI=1S/C20H14N2O2/c23-14-8-9-18-19-10-13-4-1-2-5-16(13)22(19)12-15-17(21(18)11-14)6-3-7-20(15)24/h1-9,12H,10-11H2. The summed E-state index contributed by atoms with van der Waals surface area (Å²) in [6.07, 6.45) is 11.5. The van der Waals surface area contributed by atoms with Crippen molar-refractivity contribution in [3.05, 3.63) is 89.1 Å². The van der Waals surface area contributed by atoms with E-state index in [-0.39, 0.29) is 18.1 Å². The third kappa shape index (κ3) is 1.74. The highest BCUT2D eigenvalue weighted by Gasteiger charge is 2.35. The van der Waals surface area contributed by atoms with Crippen LogP contribution in [0.5, 0.6) is 0 Å². The first-order valence-electron chi connectivity index (χ1n) is 7.96. The van der Waals surface area contributed by atoms with Crippen LogP contribution >= 0.6 is 0 Å². The largest absolute Gasteiger partial charge is 0.331 e. The van der Waals surface area contributed by atoms with Crippen molar-refractivity contribution in [1.29, 1.82) is 0 Å². The van der Waals surface area contributed by atoms with E-state index < -0.39 is 0 Å². The fraction of sp³-hybridized carbons (Fsp3) is 0.100. The normalized spacial score (nSPS) is 21.0. The maximum Gasteiger partial charge on any atom is 0.189 e. The number of fused-ring (bicyclic) bond motifs is 6. The summed E-state index contributed by atoms with van der Waals surface area (Å²) in [4.78, 5) is 28.5. The van der Waals surface area contributed by atoms with E-state index in [1.165, 1.54) is 5.56 Å². The highest BCUT2D eigenvalue weighted by atomic mass is 16.1. The van der Waals surface area contributed by atoms with Crippen molar-refractivity contribution in [3.8, 4) is 0 Å². The molecule has 1 aliphatic carbocycles. The van der Waals surface area contributed by atoms with Crippen LogP contribution in [0, 0.1) is 0 Å². The average Bonchev–Trinajstić information content (AvgIpc) is 2.88. The van der Waals surface area contributed by atoms with Crippen LogP contribution in [0.3, 0.4) is 0 Å². The average molecular weight is 314 g/mol. The van der Waals surface area contributed by atoms with Crippen LogP contribution in [0.1, 0.15) is 5.56 Å². The molecule has 0 atom stereocenters. The smallest absolute Gasteiger partial charge is 0.189 e. The second-order valence-corrected chi connectivity index (χ2v) is 6.21. The van der Waals surface area contributed by atoms with Gasteiger partial charge in [-0.3, -0.25) is 9.59 Å². The van der Waals surface area contributed by atoms with Gasteiger partial charge in [-0.25, -0.2) is 0 Å². The molecule has 0 N–H and O–H groups in total. The van der Waals surface area contributed by atoms with E-state index in [1.54, 1.807) is 18.2 Å². The molecular weight excluding hydrogens is 300 g/mol. The zero-order valence-electron chi connectivity index (χ0n) is 12.9. The monoisotopic (exact) mass is 314 g/mol. The van der Waals surface area contributed by atoms with E-state index in [2.05, 4.69) is 17.0 Å². The minimum Gasteiger partial charge on any atom is -0.331 e. The molecular formula is C20H14N2O2. The number of carbonyl (C=O) groups is 2. The number of rotatable bonds is 0. The number of anilines is 1. The Labute approximate surface area is 139 Å². The summed E-state index contributed by atoms with van der Waals surface area (Å²) in [5, 5.41) is 0. The molecule has 0 amide bonds. The number of allylic oxidation sites excluding steroid dienone is 6. The van der Waals surface area contributed by atoms with Crippen molar-refractivity contribution in [2.24, 2.45) is 0 Å². The quantitative estimate of drug-likeness (QED) is 0.738. The molecule has 0 radical (unpaired) electrons. The molecule has 4 nitrogen and oxygen atoms in total. The zero-order valence-corrected chi connectivity index (χ0v) is 12.9. The predicted molar refractivity (Wildman–Crippen MR) is 90.8 cm³/mol. The van der Waals surface area contributed by atoms with Gasteiger partial charge in [0.05, 0.1) is 29.2 Å². The Hall–Kier alpha value is -3.14. The van der Waals surface area contributed by atoms with Crippen LogP contribution in [-0.4, -0.2) is 23.0 Å². The Morgan fingerprint density at radius 1 is 1.00 bits per heavy atom. The van der Waals surface area contributed by atoms with Gasteiger partial charge in [0.2, 0.25) is 0 Å².